The van der Waals surface area contributed by atoms with Crippen molar-refractivity contribution in [2.45, 2.75) is 25.4 Å². The first-order valence-electron chi connectivity index (χ1n) is 9.00. The van der Waals surface area contributed by atoms with Gasteiger partial charge in [-0.1, -0.05) is 11.6 Å². The summed E-state index contributed by atoms with van der Waals surface area (Å²) in [6, 6.07) is 3.14. The number of aromatic nitrogens is 1. The standard InChI is InChI=1S/C18H19ClF3N3O3S2/c1-30(27,28)25-6-2-3-11(10-25)16(26)24-17-23-9-14(29-17)8-12-7-13(18(20,21)22)4-5-15(12)19/h4-5,7,9,11H,2-3,6,8,10H2,1H3,(H,23,24,26). The first-order valence-corrected chi connectivity index (χ1v) is 12.0. The van der Waals surface area contributed by atoms with Crippen molar-refractivity contribution < 1.29 is 26.4 Å². The smallest absolute Gasteiger partial charge is 0.302 e. The fraction of sp³-hybridized carbons (Fsp3) is 0.444. The molecule has 1 amide bonds. The molecule has 0 bridgehead atoms. The molecule has 1 aliphatic heterocycles. The lowest BCUT2D eigenvalue weighted by atomic mass is 9.99. The van der Waals surface area contributed by atoms with Gasteiger partial charge < -0.3 is 5.32 Å². The summed E-state index contributed by atoms with van der Waals surface area (Å²) in [5.41, 5.74) is -0.475. The van der Waals surface area contributed by atoms with Gasteiger partial charge in [0.15, 0.2) is 5.13 Å². The van der Waals surface area contributed by atoms with Crippen LogP contribution in [0.5, 0.6) is 0 Å². The number of anilines is 1. The van der Waals surface area contributed by atoms with Crippen molar-refractivity contribution in [1.82, 2.24) is 9.29 Å². The maximum atomic E-state index is 12.9. The molecular weight excluding hydrogens is 463 g/mol. The summed E-state index contributed by atoms with van der Waals surface area (Å²) in [7, 11) is -3.37. The lowest BCUT2D eigenvalue weighted by molar-refractivity contribution is -0.137. The second-order valence-corrected chi connectivity index (χ2v) is 10.6. The van der Waals surface area contributed by atoms with Crippen molar-refractivity contribution in [1.29, 1.82) is 0 Å². The van der Waals surface area contributed by atoms with E-state index in [0.29, 0.717) is 35.0 Å². The predicted octanol–water partition coefficient (Wildman–Crippen LogP) is 4.02. The number of nitrogens with zero attached hydrogens (tertiary/aromatic N) is 2. The quantitative estimate of drug-likeness (QED) is 0.699. The van der Waals surface area contributed by atoms with Gasteiger partial charge in [0.05, 0.1) is 17.7 Å². The van der Waals surface area contributed by atoms with Gasteiger partial charge in [-0.3, -0.25) is 4.79 Å². The highest BCUT2D eigenvalue weighted by Crippen LogP contribution is 2.33. The molecular formula is C18H19ClF3N3O3S2. The van der Waals surface area contributed by atoms with Crippen molar-refractivity contribution in [3.05, 3.63) is 45.4 Å². The Kier molecular flexibility index (Phi) is 6.75. The van der Waals surface area contributed by atoms with E-state index in [9.17, 15) is 26.4 Å². The first-order chi connectivity index (χ1) is 13.9. The van der Waals surface area contributed by atoms with Crippen LogP contribution in [0, 0.1) is 5.92 Å². The molecule has 2 heterocycles. The summed E-state index contributed by atoms with van der Waals surface area (Å²) in [5.74, 6) is -0.819. The van der Waals surface area contributed by atoms with Crippen LogP contribution in [-0.4, -0.2) is 43.0 Å². The minimum absolute atomic E-state index is 0.114. The molecule has 1 aromatic carbocycles. The Bertz CT molecular complexity index is 1040. The van der Waals surface area contributed by atoms with E-state index in [1.165, 1.54) is 16.6 Å². The Balaban J connectivity index is 1.66. The Hall–Kier alpha value is -1.69. The highest BCUT2D eigenvalue weighted by atomic mass is 35.5. The number of carbonyl (C=O) groups excluding carboxylic acids is 1. The van der Waals surface area contributed by atoms with Crippen molar-refractivity contribution in [2.24, 2.45) is 5.92 Å². The molecule has 30 heavy (non-hydrogen) atoms. The van der Waals surface area contributed by atoms with E-state index in [0.717, 1.165) is 29.7 Å². The van der Waals surface area contributed by atoms with Gasteiger partial charge >= 0.3 is 6.18 Å². The van der Waals surface area contributed by atoms with Crippen LogP contribution in [0.4, 0.5) is 18.3 Å². The monoisotopic (exact) mass is 481 g/mol. The Morgan fingerprint density at radius 3 is 2.80 bits per heavy atom. The molecule has 0 saturated carbocycles. The van der Waals surface area contributed by atoms with Crippen molar-refractivity contribution >= 4 is 44.0 Å². The highest BCUT2D eigenvalue weighted by Gasteiger charge is 2.32. The zero-order valence-electron chi connectivity index (χ0n) is 15.9. The number of hydrogen-bond donors (Lipinski definition) is 1. The number of thiazole rings is 1. The number of benzene rings is 1. The average Bonchev–Trinajstić information content (AvgIpc) is 3.09. The van der Waals surface area contributed by atoms with Gasteiger partial charge in [0.2, 0.25) is 15.9 Å². The fourth-order valence-corrected chi connectivity index (χ4v) is 5.12. The molecule has 6 nitrogen and oxygen atoms in total. The number of alkyl halides is 3. The molecule has 3 rings (SSSR count). The van der Waals surface area contributed by atoms with Crippen LogP contribution in [0.15, 0.2) is 24.4 Å². The number of piperidine rings is 1. The van der Waals surface area contributed by atoms with E-state index in [1.54, 1.807) is 0 Å². The topological polar surface area (TPSA) is 79.4 Å². The molecule has 164 valence electrons. The van der Waals surface area contributed by atoms with E-state index in [4.69, 9.17) is 11.6 Å². The summed E-state index contributed by atoms with van der Waals surface area (Å²) in [5, 5.41) is 3.19. The zero-order valence-corrected chi connectivity index (χ0v) is 18.3. The van der Waals surface area contributed by atoms with Crippen LogP contribution >= 0.6 is 22.9 Å². The molecule has 12 heteroatoms. The second-order valence-electron chi connectivity index (χ2n) is 7.06. The number of nitrogens with one attached hydrogen (secondary N) is 1. The third-order valence-electron chi connectivity index (χ3n) is 4.75. The summed E-state index contributed by atoms with van der Waals surface area (Å²) in [4.78, 5) is 17.2. The molecule has 2 aromatic rings. The molecule has 1 N–H and O–H groups in total. The SMILES string of the molecule is CS(=O)(=O)N1CCCC(C(=O)Nc2ncc(Cc3cc(C(F)(F)F)ccc3Cl)s2)C1. The van der Waals surface area contributed by atoms with Crippen molar-refractivity contribution in [2.75, 3.05) is 24.7 Å². The van der Waals surface area contributed by atoms with Gasteiger partial charge in [0, 0.05) is 35.6 Å². The van der Waals surface area contributed by atoms with Gasteiger partial charge in [0.1, 0.15) is 0 Å². The molecule has 1 aliphatic rings. The largest absolute Gasteiger partial charge is 0.416 e. The first kappa shape index (κ1) is 23.0. The molecule has 0 aliphatic carbocycles. The number of carbonyl (C=O) groups is 1. The summed E-state index contributed by atoms with van der Waals surface area (Å²) in [6.07, 6.45) is -0.592. The molecule has 1 aromatic heterocycles. The van der Waals surface area contributed by atoms with Crippen LogP contribution in [0.2, 0.25) is 5.02 Å². The zero-order chi connectivity index (χ0) is 22.1. The van der Waals surface area contributed by atoms with Gasteiger partial charge in [-0.2, -0.15) is 13.2 Å². The Labute approximate surface area is 181 Å². The molecule has 1 saturated heterocycles. The lowest BCUT2D eigenvalue weighted by Crippen LogP contribution is -2.43. The minimum atomic E-state index is -4.47. The normalized spacial score (nSPS) is 18.4. The number of rotatable bonds is 5. The second kappa shape index (κ2) is 8.81. The van der Waals surface area contributed by atoms with Crippen LogP contribution < -0.4 is 5.32 Å². The fourth-order valence-electron chi connectivity index (χ4n) is 3.19. The summed E-state index contributed by atoms with van der Waals surface area (Å²) < 4.78 is 63.5. The van der Waals surface area contributed by atoms with E-state index >= 15 is 0 Å². The van der Waals surface area contributed by atoms with Crippen LogP contribution in [0.3, 0.4) is 0 Å². The number of sulfonamides is 1. The summed E-state index contributed by atoms with van der Waals surface area (Å²) >= 11 is 7.17. The molecule has 0 spiro atoms. The minimum Gasteiger partial charge on any atom is -0.302 e. The number of hydrogen-bond acceptors (Lipinski definition) is 5. The Morgan fingerprint density at radius 1 is 1.40 bits per heavy atom. The van der Waals surface area contributed by atoms with Gasteiger partial charge in [-0.25, -0.2) is 17.7 Å². The van der Waals surface area contributed by atoms with E-state index in [-0.39, 0.29) is 23.9 Å². The van der Waals surface area contributed by atoms with Crippen molar-refractivity contribution in [3.63, 3.8) is 0 Å². The third-order valence-corrected chi connectivity index (χ3v) is 7.30. The molecule has 0 radical (unpaired) electrons. The van der Waals surface area contributed by atoms with Gasteiger partial charge in [-0.15, -0.1) is 11.3 Å². The molecule has 1 atom stereocenters. The van der Waals surface area contributed by atoms with E-state index in [1.807, 2.05) is 0 Å². The van der Waals surface area contributed by atoms with Gasteiger partial charge in [0.25, 0.3) is 0 Å². The molecule has 1 unspecified atom stereocenters. The predicted molar refractivity (Wildman–Crippen MR) is 109 cm³/mol. The van der Waals surface area contributed by atoms with Crippen LogP contribution in [0.1, 0.15) is 28.8 Å². The van der Waals surface area contributed by atoms with E-state index < -0.39 is 27.7 Å². The lowest BCUT2D eigenvalue weighted by Gasteiger charge is -2.29. The third kappa shape index (κ3) is 5.71. The van der Waals surface area contributed by atoms with Crippen molar-refractivity contribution in [3.8, 4) is 0 Å². The summed E-state index contributed by atoms with van der Waals surface area (Å²) in [6.45, 7) is 0.504. The number of amides is 1. The van der Waals surface area contributed by atoms with Gasteiger partial charge in [-0.05, 0) is 36.6 Å². The van der Waals surface area contributed by atoms with Crippen LogP contribution in [-0.2, 0) is 27.4 Å². The Morgan fingerprint density at radius 2 is 2.13 bits per heavy atom. The average molecular weight is 482 g/mol. The maximum absolute atomic E-state index is 12.9. The molecule has 1 fully saturated rings. The van der Waals surface area contributed by atoms with Crippen LogP contribution in [0.25, 0.3) is 0 Å². The van der Waals surface area contributed by atoms with E-state index in [2.05, 4.69) is 10.3 Å². The maximum Gasteiger partial charge on any atom is 0.416 e. The number of halogens is 4. The highest BCUT2D eigenvalue weighted by molar-refractivity contribution is 7.88.